The molecule has 0 aliphatic carbocycles. The number of halogens is 1. The van der Waals surface area contributed by atoms with Crippen molar-refractivity contribution in [3.8, 4) is 11.5 Å². The van der Waals surface area contributed by atoms with Gasteiger partial charge < -0.3 is 20.1 Å². The molecule has 1 heterocycles. The first-order valence-electron chi connectivity index (χ1n) is 7.79. The molecule has 2 rings (SSSR count). The van der Waals surface area contributed by atoms with Crippen molar-refractivity contribution in [1.29, 1.82) is 0 Å². The SMILES string of the molecule is CCNC(=NCc1cc(OC)ccc1O)N(C)Cc1csc(C)n1.I. The van der Waals surface area contributed by atoms with E-state index in [9.17, 15) is 5.11 Å². The van der Waals surface area contributed by atoms with Gasteiger partial charge in [0, 0.05) is 24.5 Å². The molecule has 1 aromatic carbocycles. The van der Waals surface area contributed by atoms with Gasteiger partial charge in [-0.05, 0) is 32.0 Å². The maximum Gasteiger partial charge on any atom is 0.194 e. The predicted octanol–water partition coefficient (Wildman–Crippen LogP) is 3.38. The van der Waals surface area contributed by atoms with Gasteiger partial charge in [0.05, 0.1) is 30.9 Å². The summed E-state index contributed by atoms with van der Waals surface area (Å²) in [7, 11) is 3.58. The van der Waals surface area contributed by atoms with Crippen LogP contribution in [0.4, 0.5) is 0 Å². The number of phenols is 1. The molecule has 6 nitrogen and oxygen atoms in total. The van der Waals surface area contributed by atoms with Gasteiger partial charge in [-0.3, -0.25) is 0 Å². The molecule has 0 aliphatic rings. The van der Waals surface area contributed by atoms with Crippen LogP contribution in [0.2, 0.25) is 0 Å². The van der Waals surface area contributed by atoms with Crippen molar-refractivity contribution in [2.45, 2.75) is 26.9 Å². The molecule has 0 atom stereocenters. The van der Waals surface area contributed by atoms with Gasteiger partial charge in [-0.15, -0.1) is 35.3 Å². The molecule has 0 amide bonds. The summed E-state index contributed by atoms with van der Waals surface area (Å²) >= 11 is 1.64. The summed E-state index contributed by atoms with van der Waals surface area (Å²) < 4.78 is 5.20. The highest BCUT2D eigenvalue weighted by Gasteiger charge is 2.10. The number of nitrogens with one attached hydrogen (secondary N) is 1. The van der Waals surface area contributed by atoms with Crippen LogP contribution in [-0.4, -0.2) is 41.7 Å². The van der Waals surface area contributed by atoms with E-state index >= 15 is 0 Å². The number of rotatable bonds is 6. The second-order valence-corrected chi connectivity index (χ2v) is 6.44. The van der Waals surface area contributed by atoms with E-state index in [2.05, 4.69) is 20.7 Å². The van der Waals surface area contributed by atoms with E-state index in [1.54, 1.807) is 36.6 Å². The van der Waals surface area contributed by atoms with E-state index in [1.807, 2.05) is 25.8 Å². The first kappa shape index (κ1) is 21.5. The molecule has 2 aromatic rings. The summed E-state index contributed by atoms with van der Waals surface area (Å²) in [6, 6.07) is 5.15. The minimum Gasteiger partial charge on any atom is -0.508 e. The highest BCUT2D eigenvalue weighted by molar-refractivity contribution is 14.0. The van der Waals surface area contributed by atoms with E-state index in [4.69, 9.17) is 4.74 Å². The van der Waals surface area contributed by atoms with Gasteiger partial charge in [-0.25, -0.2) is 9.98 Å². The zero-order valence-corrected chi connectivity index (χ0v) is 18.1. The van der Waals surface area contributed by atoms with Gasteiger partial charge in [0.25, 0.3) is 0 Å². The molecular formula is C17H25IN4O2S. The number of aromatic nitrogens is 1. The molecule has 2 N–H and O–H groups in total. The normalized spacial score (nSPS) is 11.0. The number of aryl methyl sites for hydroxylation is 1. The Hall–Kier alpha value is -1.55. The number of phenolic OH excluding ortho intramolecular Hbond substituents is 1. The zero-order valence-electron chi connectivity index (χ0n) is 14.9. The highest BCUT2D eigenvalue weighted by atomic mass is 127. The van der Waals surface area contributed by atoms with E-state index in [-0.39, 0.29) is 29.7 Å². The molecule has 1 aromatic heterocycles. The maximum atomic E-state index is 9.98. The molecule has 0 bridgehead atoms. The molecule has 0 spiro atoms. The Labute approximate surface area is 170 Å². The van der Waals surface area contributed by atoms with Crippen LogP contribution in [0.1, 0.15) is 23.2 Å². The standard InChI is InChI=1S/C17H24N4O2S.HI/c1-5-18-17(21(3)10-14-11-24-12(2)20-14)19-9-13-8-15(23-4)6-7-16(13)22;/h6-8,11,22H,5,9-10H2,1-4H3,(H,18,19);1H. The van der Waals surface area contributed by atoms with Gasteiger partial charge >= 0.3 is 0 Å². The number of benzene rings is 1. The largest absolute Gasteiger partial charge is 0.508 e. The van der Waals surface area contributed by atoms with Crippen molar-refractivity contribution in [3.05, 3.63) is 39.8 Å². The third kappa shape index (κ3) is 6.35. The lowest BCUT2D eigenvalue weighted by Crippen LogP contribution is -2.38. The number of aromatic hydroxyl groups is 1. The third-order valence-electron chi connectivity index (χ3n) is 3.45. The van der Waals surface area contributed by atoms with Crippen molar-refractivity contribution in [3.63, 3.8) is 0 Å². The number of ether oxygens (including phenoxy) is 1. The molecule has 0 unspecified atom stereocenters. The molecule has 25 heavy (non-hydrogen) atoms. The molecule has 138 valence electrons. The Morgan fingerprint density at radius 1 is 1.44 bits per heavy atom. The van der Waals surface area contributed by atoms with E-state index < -0.39 is 0 Å². The Kier molecular flexibility index (Phi) is 8.98. The van der Waals surface area contributed by atoms with Gasteiger partial charge in [0.1, 0.15) is 11.5 Å². The lowest BCUT2D eigenvalue weighted by Gasteiger charge is -2.21. The first-order valence-corrected chi connectivity index (χ1v) is 8.67. The zero-order chi connectivity index (χ0) is 17.5. The number of hydrogen-bond acceptors (Lipinski definition) is 5. The smallest absolute Gasteiger partial charge is 0.194 e. The van der Waals surface area contributed by atoms with Crippen molar-refractivity contribution >= 4 is 41.3 Å². The van der Waals surface area contributed by atoms with Crippen molar-refractivity contribution < 1.29 is 9.84 Å². The summed E-state index contributed by atoms with van der Waals surface area (Å²) in [5.41, 5.74) is 1.75. The summed E-state index contributed by atoms with van der Waals surface area (Å²) in [5.74, 6) is 1.69. The monoisotopic (exact) mass is 476 g/mol. The first-order chi connectivity index (χ1) is 11.5. The van der Waals surface area contributed by atoms with Crippen LogP contribution in [0.15, 0.2) is 28.6 Å². The fourth-order valence-corrected chi connectivity index (χ4v) is 2.85. The van der Waals surface area contributed by atoms with Gasteiger partial charge in [0.2, 0.25) is 0 Å². The summed E-state index contributed by atoms with van der Waals surface area (Å²) in [5, 5.41) is 16.4. The molecule has 0 saturated carbocycles. The van der Waals surface area contributed by atoms with Crippen LogP contribution in [0.25, 0.3) is 0 Å². The van der Waals surface area contributed by atoms with E-state index in [1.165, 1.54) is 0 Å². The quantitative estimate of drug-likeness (QED) is 0.380. The highest BCUT2D eigenvalue weighted by Crippen LogP contribution is 2.23. The number of methoxy groups -OCH3 is 1. The number of aliphatic imine (C=N–C) groups is 1. The Morgan fingerprint density at radius 2 is 2.20 bits per heavy atom. The number of nitrogens with zero attached hydrogens (tertiary/aromatic N) is 3. The average molecular weight is 476 g/mol. The van der Waals surface area contributed by atoms with Crippen LogP contribution in [-0.2, 0) is 13.1 Å². The molecule has 0 fully saturated rings. The molecule has 0 radical (unpaired) electrons. The Bertz CT molecular complexity index is 706. The summed E-state index contributed by atoms with van der Waals surface area (Å²) in [6.07, 6.45) is 0. The second kappa shape index (κ2) is 10.4. The Balaban J connectivity index is 0.00000312. The van der Waals surface area contributed by atoms with Crippen LogP contribution in [0.5, 0.6) is 11.5 Å². The summed E-state index contributed by atoms with van der Waals surface area (Å²) in [6.45, 7) is 5.84. The predicted molar refractivity (Wildman–Crippen MR) is 113 cm³/mol. The number of thiazole rings is 1. The minimum absolute atomic E-state index is 0. The van der Waals surface area contributed by atoms with E-state index in [0.29, 0.717) is 18.8 Å². The fourth-order valence-electron chi connectivity index (χ4n) is 2.24. The number of hydrogen-bond donors (Lipinski definition) is 2. The van der Waals surface area contributed by atoms with E-state index in [0.717, 1.165) is 28.8 Å². The van der Waals surface area contributed by atoms with Crippen LogP contribution >= 0.6 is 35.3 Å². The van der Waals surface area contributed by atoms with Crippen molar-refractivity contribution in [1.82, 2.24) is 15.2 Å². The van der Waals surface area contributed by atoms with Gasteiger partial charge in [-0.1, -0.05) is 0 Å². The lowest BCUT2D eigenvalue weighted by molar-refractivity contribution is 0.410. The molecule has 8 heteroatoms. The molecular weight excluding hydrogens is 451 g/mol. The van der Waals surface area contributed by atoms with Crippen LogP contribution < -0.4 is 10.1 Å². The topological polar surface area (TPSA) is 70.0 Å². The molecule has 0 aliphatic heterocycles. The van der Waals surface area contributed by atoms with Gasteiger partial charge in [0.15, 0.2) is 5.96 Å². The third-order valence-corrected chi connectivity index (χ3v) is 4.27. The van der Waals surface area contributed by atoms with Crippen LogP contribution in [0, 0.1) is 6.92 Å². The maximum absolute atomic E-state index is 9.98. The lowest BCUT2D eigenvalue weighted by atomic mass is 10.2. The Morgan fingerprint density at radius 3 is 2.80 bits per heavy atom. The van der Waals surface area contributed by atoms with Crippen LogP contribution in [0.3, 0.4) is 0 Å². The second-order valence-electron chi connectivity index (χ2n) is 5.38. The van der Waals surface area contributed by atoms with Crippen molar-refractivity contribution in [2.24, 2.45) is 4.99 Å². The number of guanidine groups is 1. The molecule has 0 saturated heterocycles. The minimum atomic E-state index is 0. The average Bonchev–Trinajstić information content (AvgIpc) is 2.97. The summed E-state index contributed by atoms with van der Waals surface area (Å²) in [4.78, 5) is 11.1. The van der Waals surface area contributed by atoms with Crippen molar-refractivity contribution in [2.75, 3.05) is 20.7 Å². The van der Waals surface area contributed by atoms with Gasteiger partial charge in [-0.2, -0.15) is 0 Å². The fraction of sp³-hybridized carbons (Fsp3) is 0.412.